The summed E-state index contributed by atoms with van der Waals surface area (Å²) in [6.45, 7) is 7.66. The molecule has 190 valence electrons. The lowest BCUT2D eigenvalue weighted by Crippen LogP contribution is -2.25. The molecule has 0 radical (unpaired) electrons. The van der Waals surface area contributed by atoms with E-state index in [1.165, 1.54) is 24.3 Å². The van der Waals surface area contributed by atoms with E-state index in [1.807, 2.05) is 6.07 Å². The Morgan fingerprint density at radius 3 is 1.89 bits per heavy atom. The van der Waals surface area contributed by atoms with Crippen molar-refractivity contribution in [1.82, 2.24) is 10.6 Å². The third-order valence-electron chi connectivity index (χ3n) is 5.17. The van der Waals surface area contributed by atoms with Crippen LogP contribution in [0.2, 0.25) is 0 Å². The fourth-order valence-corrected chi connectivity index (χ4v) is 4.04. The van der Waals surface area contributed by atoms with Crippen LogP contribution in [0.4, 0.5) is 0 Å². The maximum Gasteiger partial charge on any atom is 0.262 e. The number of rotatable bonds is 8. The van der Waals surface area contributed by atoms with E-state index in [9.17, 15) is 25.1 Å². The first-order valence-corrected chi connectivity index (χ1v) is 12.6. The SMILES string of the molecule is [C-]#[N+]/C(=C/c1ccc(O)c(Br)c1)C(=O)NCc1cccc(CNC(=O)/C(C#N)=C\c2ccc(O)c(Br)c2)c1. The van der Waals surface area contributed by atoms with Crippen LogP contribution in [0.3, 0.4) is 0 Å². The van der Waals surface area contributed by atoms with Crippen molar-refractivity contribution in [2.24, 2.45) is 0 Å². The van der Waals surface area contributed by atoms with E-state index in [0.29, 0.717) is 20.1 Å². The lowest BCUT2D eigenvalue weighted by molar-refractivity contribution is -0.118. The van der Waals surface area contributed by atoms with Gasteiger partial charge in [-0.3, -0.25) is 9.59 Å². The van der Waals surface area contributed by atoms with Crippen molar-refractivity contribution in [3.05, 3.63) is 115 Å². The smallest absolute Gasteiger partial charge is 0.262 e. The molecule has 0 aliphatic rings. The van der Waals surface area contributed by atoms with Crippen molar-refractivity contribution in [2.75, 3.05) is 0 Å². The van der Waals surface area contributed by atoms with Crippen molar-refractivity contribution in [1.29, 1.82) is 5.26 Å². The van der Waals surface area contributed by atoms with Gasteiger partial charge in [-0.05, 0) is 90.5 Å². The number of nitrogens with one attached hydrogen (secondary N) is 2. The van der Waals surface area contributed by atoms with Crippen LogP contribution in [-0.4, -0.2) is 22.0 Å². The second-order valence-electron chi connectivity index (χ2n) is 7.92. The summed E-state index contributed by atoms with van der Waals surface area (Å²) in [5, 5.41) is 34.0. The minimum absolute atomic E-state index is 0.0492. The van der Waals surface area contributed by atoms with Crippen LogP contribution in [0.1, 0.15) is 22.3 Å². The molecule has 0 fully saturated rings. The van der Waals surface area contributed by atoms with Crippen LogP contribution in [0.5, 0.6) is 11.5 Å². The van der Waals surface area contributed by atoms with Gasteiger partial charge < -0.3 is 20.8 Å². The Labute approximate surface area is 236 Å². The normalized spacial score (nSPS) is 11.3. The van der Waals surface area contributed by atoms with Crippen molar-refractivity contribution in [3.8, 4) is 17.6 Å². The van der Waals surface area contributed by atoms with E-state index in [1.54, 1.807) is 48.5 Å². The number of nitrogens with zero attached hydrogens (tertiary/aromatic N) is 2. The molecule has 4 N–H and O–H groups in total. The maximum atomic E-state index is 12.5. The molecule has 10 heteroatoms. The monoisotopic (exact) mass is 634 g/mol. The molecular formula is C28H20Br2N4O4. The molecule has 0 aromatic heterocycles. The van der Waals surface area contributed by atoms with Crippen LogP contribution in [0.25, 0.3) is 17.0 Å². The summed E-state index contributed by atoms with van der Waals surface area (Å²) in [5.74, 6) is -0.999. The van der Waals surface area contributed by atoms with Gasteiger partial charge >= 0.3 is 0 Å². The second-order valence-corrected chi connectivity index (χ2v) is 9.63. The van der Waals surface area contributed by atoms with Crippen LogP contribution in [0.15, 0.2) is 80.9 Å². The average molecular weight is 636 g/mol. The van der Waals surface area contributed by atoms with Crippen molar-refractivity contribution in [2.45, 2.75) is 13.1 Å². The fraction of sp³-hybridized carbons (Fsp3) is 0.0714. The summed E-state index contributed by atoms with van der Waals surface area (Å²) >= 11 is 6.40. The lowest BCUT2D eigenvalue weighted by atomic mass is 10.1. The van der Waals surface area contributed by atoms with Crippen LogP contribution in [0, 0.1) is 17.9 Å². The fourth-order valence-electron chi connectivity index (χ4n) is 3.25. The Morgan fingerprint density at radius 1 is 0.868 bits per heavy atom. The predicted octanol–water partition coefficient (Wildman–Crippen LogP) is 5.42. The number of aromatic hydroxyl groups is 2. The van der Waals surface area contributed by atoms with Gasteiger partial charge in [0.15, 0.2) is 0 Å². The van der Waals surface area contributed by atoms with Crippen molar-refractivity contribution < 1.29 is 19.8 Å². The Bertz CT molecular complexity index is 1420. The zero-order chi connectivity index (χ0) is 27.7. The molecule has 0 heterocycles. The number of amides is 2. The van der Waals surface area contributed by atoms with E-state index in [4.69, 9.17) is 6.57 Å². The highest BCUT2D eigenvalue weighted by atomic mass is 79.9. The van der Waals surface area contributed by atoms with Gasteiger partial charge in [-0.15, -0.1) is 0 Å². The number of benzene rings is 3. The van der Waals surface area contributed by atoms with E-state index >= 15 is 0 Å². The summed E-state index contributed by atoms with van der Waals surface area (Å²) in [6, 6.07) is 18.3. The van der Waals surface area contributed by atoms with Gasteiger partial charge in [0.2, 0.25) is 0 Å². The first-order valence-electron chi connectivity index (χ1n) is 11.0. The molecule has 0 bridgehead atoms. The minimum Gasteiger partial charge on any atom is -0.507 e. The van der Waals surface area contributed by atoms with Crippen molar-refractivity contribution in [3.63, 3.8) is 0 Å². The minimum atomic E-state index is -0.553. The molecule has 0 spiro atoms. The largest absolute Gasteiger partial charge is 0.507 e. The Balaban J connectivity index is 1.61. The van der Waals surface area contributed by atoms with E-state index < -0.39 is 11.8 Å². The van der Waals surface area contributed by atoms with E-state index in [0.717, 1.165) is 11.1 Å². The van der Waals surface area contributed by atoms with Gasteiger partial charge in [0.1, 0.15) is 23.1 Å². The molecule has 0 unspecified atom stereocenters. The number of halogens is 2. The summed E-state index contributed by atoms with van der Waals surface area (Å²) < 4.78 is 0.894. The molecule has 0 aliphatic heterocycles. The number of hydrogen-bond donors (Lipinski definition) is 4. The van der Waals surface area contributed by atoms with Gasteiger partial charge in [0, 0.05) is 13.1 Å². The van der Waals surface area contributed by atoms with Gasteiger partial charge in [-0.25, -0.2) is 4.85 Å². The topological polar surface area (TPSA) is 127 Å². The van der Waals surface area contributed by atoms with Gasteiger partial charge in [0.25, 0.3) is 17.5 Å². The predicted molar refractivity (Wildman–Crippen MR) is 150 cm³/mol. The third kappa shape index (κ3) is 7.81. The number of carbonyl (C=O) groups is 2. The van der Waals surface area contributed by atoms with Gasteiger partial charge in [-0.1, -0.05) is 36.4 Å². The summed E-state index contributed by atoms with van der Waals surface area (Å²) in [4.78, 5) is 28.4. The summed E-state index contributed by atoms with van der Waals surface area (Å²) in [5.41, 5.74) is 2.46. The first-order chi connectivity index (χ1) is 18.2. The Hall–Kier alpha value is -4.38. The first kappa shape index (κ1) is 28.2. The Morgan fingerprint density at radius 2 is 1.39 bits per heavy atom. The van der Waals surface area contributed by atoms with Gasteiger partial charge in [0.05, 0.1) is 15.5 Å². The highest BCUT2D eigenvalue weighted by molar-refractivity contribution is 9.10. The maximum absolute atomic E-state index is 12.5. The number of hydrogen-bond acceptors (Lipinski definition) is 5. The molecule has 3 rings (SSSR count). The van der Waals surface area contributed by atoms with Crippen LogP contribution < -0.4 is 10.6 Å². The highest BCUT2D eigenvalue weighted by Crippen LogP contribution is 2.26. The van der Waals surface area contributed by atoms with Crippen molar-refractivity contribution >= 4 is 55.8 Å². The summed E-state index contributed by atoms with van der Waals surface area (Å²) in [7, 11) is 0. The molecule has 3 aromatic rings. The molecule has 3 aromatic carbocycles. The number of carbonyl (C=O) groups excluding carboxylic acids is 2. The number of nitriles is 1. The molecule has 38 heavy (non-hydrogen) atoms. The number of phenols is 2. The molecule has 0 atom stereocenters. The lowest BCUT2D eigenvalue weighted by Gasteiger charge is -2.09. The molecular weight excluding hydrogens is 616 g/mol. The number of phenolic OH excluding ortho intramolecular Hbond substituents is 2. The zero-order valence-electron chi connectivity index (χ0n) is 19.7. The summed E-state index contributed by atoms with van der Waals surface area (Å²) in [6.07, 6.45) is 2.85. The second kappa shape index (κ2) is 13.2. The van der Waals surface area contributed by atoms with Crippen LogP contribution in [-0.2, 0) is 22.7 Å². The zero-order valence-corrected chi connectivity index (χ0v) is 22.9. The molecule has 8 nitrogen and oxygen atoms in total. The Kier molecular flexibility index (Phi) is 9.83. The molecule has 0 saturated heterocycles. The molecule has 0 aliphatic carbocycles. The third-order valence-corrected chi connectivity index (χ3v) is 6.44. The van der Waals surface area contributed by atoms with Gasteiger partial charge in [-0.2, -0.15) is 5.26 Å². The molecule has 0 saturated carbocycles. The average Bonchev–Trinajstić information content (AvgIpc) is 2.91. The van der Waals surface area contributed by atoms with E-state index in [2.05, 4.69) is 47.3 Å². The standard InChI is InChI=1S/C28H20Br2N4O4/c1-32-24(13-18-6-8-26(36)23(30)12-18)28(38)34-16-20-4-2-3-19(9-20)15-33-27(37)21(14-31)10-17-5-7-25(35)22(29)11-17/h2-13,35-36H,15-16H2,(H,33,37)(H,34,38)/b21-10-,24-13+. The quantitative estimate of drug-likeness (QED) is 0.149. The van der Waals surface area contributed by atoms with E-state index in [-0.39, 0.29) is 35.9 Å². The molecule has 2 amide bonds. The highest BCUT2D eigenvalue weighted by Gasteiger charge is 2.12. The van der Waals surface area contributed by atoms with Crippen LogP contribution >= 0.6 is 31.9 Å².